The van der Waals surface area contributed by atoms with Crippen LogP contribution in [0.3, 0.4) is 0 Å². The highest BCUT2D eigenvalue weighted by Crippen LogP contribution is 2.28. The highest BCUT2D eigenvalue weighted by atomic mass is 79.9. The maximum absolute atomic E-state index is 12.3. The Bertz CT molecular complexity index is 428. The van der Waals surface area contributed by atoms with Crippen molar-refractivity contribution in [1.82, 2.24) is 0 Å². The molecule has 0 unspecified atom stereocenters. The van der Waals surface area contributed by atoms with Crippen LogP contribution in [-0.2, 0) is 4.79 Å². The first kappa shape index (κ1) is 13.6. The number of nitrogens with zero attached hydrogens (tertiary/aromatic N) is 1. The van der Waals surface area contributed by atoms with Crippen molar-refractivity contribution >= 4 is 27.5 Å². The largest absolute Gasteiger partial charge is 0.393 e. The van der Waals surface area contributed by atoms with Crippen LogP contribution in [0.5, 0.6) is 0 Å². The second-order valence-corrected chi connectivity index (χ2v) is 5.80. The number of aliphatic hydroxyl groups is 1. The Morgan fingerprint density at radius 2 is 2.00 bits per heavy atom. The van der Waals surface area contributed by atoms with Crippen LogP contribution in [0.15, 0.2) is 28.7 Å². The zero-order valence-electron chi connectivity index (χ0n) is 10.5. The minimum atomic E-state index is -0.217. The molecular formula is C14H18BrNO2. The summed E-state index contributed by atoms with van der Waals surface area (Å²) in [4.78, 5) is 14.1. The van der Waals surface area contributed by atoms with Crippen LogP contribution >= 0.6 is 15.9 Å². The lowest BCUT2D eigenvalue weighted by Crippen LogP contribution is -2.35. The van der Waals surface area contributed by atoms with E-state index in [1.165, 1.54) is 0 Å². The van der Waals surface area contributed by atoms with Crippen LogP contribution in [-0.4, -0.2) is 24.2 Å². The van der Waals surface area contributed by atoms with Crippen molar-refractivity contribution in [3.05, 3.63) is 28.7 Å². The van der Waals surface area contributed by atoms with E-state index >= 15 is 0 Å². The molecule has 0 bridgehead atoms. The number of aliphatic hydroxyl groups excluding tert-OH is 1. The van der Waals surface area contributed by atoms with Crippen LogP contribution < -0.4 is 4.90 Å². The van der Waals surface area contributed by atoms with E-state index in [0.29, 0.717) is 0 Å². The number of rotatable bonds is 2. The van der Waals surface area contributed by atoms with E-state index in [9.17, 15) is 9.90 Å². The van der Waals surface area contributed by atoms with Crippen LogP contribution in [0.25, 0.3) is 0 Å². The van der Waals surface area contributed by atoms with E-state index in [4.69, 9.17) is 0 Å². The van der Waals surface area contributed by atoms with E-state index < -0.39 is 0 Å². The fourth-order valence-corrected chi connectivity index (χ4v) is 2.80. The summed E-state index contributed by atoms with van der Waals surface area (Å²) in [5.74, 6) is 0.206. The molecule has 2 rings (SSSR count). The molecule has 1 saturated carbocycles. The molecule has 4 heteroatoms. The molecule has 3 nitrogen and oxygen atoms in total. The zero-order chi connectivity index (χ0) is 13.1. The molecule has 1 amide bonds. The molecule has 0 spiro atoms. The van der Waals surface area contributed by atoms with Crippen molar-refractivity contribution in [2.24, 2.45) is 5.92 Å². The van der Waals surface area contributed by atoms with E-state index in [0.717, 1.165) is 35.8 Å². The molecule has 1 aliphatic carbocycles. The smallest absolute Gasteiger partial charge is 0.229 e. The normalized spacial score (nSPS) is 23.7. The molecule has 1 N–H and O–H groups in total. The second-order valence-electron chi connectivity index (χ2n) is 4.88. The van der Waals surface area contributed by atoms with Crippen molar-refractivity contribution in [2.45, 2.75) is 31.8 Å². The van der Waals surface area contributed by atoms with Gasteiger partial charge in [-0.25, -0.2) is 0 Å². The highest BCUT2D eigenvalue weighted by Gasteiger charge is 2.27. The molecule has 1 aromatic rings. The quantitative estimate of drug-likeness (QED) is 0.912. The molecule has 0 radical (unpaired) electrons. The number of amides is 1. The summed E-state index contributed by atoms with van der Waals surface area (Å²) in [6.45, 7) is 0. The van der Waals surface area contributed by atoms with Gasteiger partial charge in [0.1, 0.15) is 0 Å². The Balaban J connectivity index is 2.04. The Morgan fingerprint density at radius 3 is 2.61 bits per heavy atom. The summed E-state index contributed by atoms with van der Waals surface area (Å²) in [7, 11) is 1.81. The number of halogens is 1. The Kier molecular flexibility index (Phi) is 4.40. The van der Waals surface area contributed by atoms with E-state index in [2.05, 4.69) is 15.9 Å². The van der Waals surface area contributed by atoms with Gasteiger partial charge in [0.15, 0.2) is 0 Å². The van der Waals surface area contributed by atoms with Crippen molar-refractivity contribution < 1.29 is 9.90 Å². The van der Waals surface area contributed by atoms with Gasteiger partial charge in [0.25, 0.3) is 0 Å². The number of carbonyl (C=O) groups is 1. The molecule has 1 fully saturated rings. The van der Waals surface area contributed by atoms with Crippen molar-refractivity contribution in [1.29, 1.82) is 0 Å². The number of carbonyl (C=O) groups excluding carboxylic acids is 1. The minimum absolute atomic E-state index is 0.0531. The molecule has 0 heterocycles. The molecule has 1 aliphatic rings. The summed E-state index contributed by atoms with van der Waals surface area (Å²) in [6.07, 6.45) is 2.84. The molecule has 0 saturated heterocycles. The van der Waals surface area contributed by atoms with Crippen molar-refractivity contribution in [2.75, 3.05) is 11.9 Å². The molecule has 0 atom stereocenters. The number of hydrogen-bond donors (Lipinski definition) is 1. The molecule has 98 valence electrons. The third-order valence-electron chi connectivity index (χ3n) is 3.57. The first-order valence-corrected chi connectivity index (χ1v) is 7.08. The van der Waals surface area contributed by atoms with E-state index in [1.807, 2.05) is 31.3 Å². The predicted molar refractivity (Wildman–Crippen MR) is 75.5 cm³/mol. The monoisotopic (exact) mass is 311 g/mol. The van der Waals surface area contributed by atoms with E-state index in [1.54, 1.807) is 4.90 Å². The van der Waals surface area contributed by atoms with Crippen LogP contribution in [0, 0.1) is 5.92 Å². The lowest BCUT2D eigenvalue weighted by molar-refractivity contribution is -0.123. The van der Waals surface area contributed by atoms with Gasteiger partial charge < -0.3 is 10.0 Å². The Morgan fingerprint density at radius 1 is 1.33 bits per heavy atom. The van der Waals surface area contributed by atoms with Crippen LogP contribution in [0.2, 0.25) is 0 Å². The van der Waals surface area contributed by atoms with Crippen molar-refractivity contribution in [3.63, 3.8) is 0 Å². The van der Waals surface area contributed by atoms with Gasteiger partial charge in [-0.1, -0.05) is 22.0 Å². The highest BCUT2D eigenvalue weighted by molar-refractivity contribution is 9.10. The van der Waals surface area contributed by atoms with Crippen molar-refractivity contribution in [3.8, 4) is 0 Å². The van der Waals surface area contributed by atoms with Gasteiger partial charge in [-0.05, 0) is 43.9 Å². The average Bonchev–Trinajstić information content (AvgIpc) is 2.38. The molecule has 0 aromatic heterocycles. The first-order chi connectivity index (χ1) is 8.58. The topological polar surface area (TPSA) is 40.5 Å². The fourth-order valence-electron chi connectivity index (χ4n) is 2.41. The fraction of sp³-hybridized carbons (Fsp3) is 0.500. The van der Waals surface area contributed by atoms with Crippen LogP contribution in [0.1, 0.15) is 25.7 Å². The molecule has 0 aliphatic heterocycles. The first-order valence-electron chi connectivity index (χ1n) is 6.29. The third kappa shape index (κ3) is 3.12. The van der Waals surface area contributed by atoms with E-state index in [-0.39, 0.29) is 17.9 Å². The summed E-state index contributed by atoms with van der Waals surface area (Å²) in [5, 5.41) is 9.47. The molecule has 18 heavy (non-hydrogen) atoms. The standard InChI is InChI=1S/C14H18BrNO2/c1-16(12-4-2-3-11(15)9-12)14(18)10-5-7-13(17)8-6-10/h2-4,9-10,13,17H,5-8H2,1H3. The minimum Gasteiger partial charge on any atom is -0.393 e. The van der Waals surface area contributed by atoms with Gasteiger partial charge in [0.2, 0.25) is 5.91 Å². The summed E-state index contributed by atoms with van der Waals surface area (Å²) < 4.78 is 0.971. The average molecular weight is 312 g/mol. The lowest BCUT2D eigenvalue weighted by atomic mass is 9.86. The maximum atomic E-state index is 12.3. The Hall–Kier alpha value is -0.870. The number of hydrogen-bond acceptors (Lipinski definition) is 2. The summed E-state index contributed by atoms with van der Waals surface area (Å²) in [5.41, 5.74) is 0.903. The Labute approximate surface area is 116 Å². The third-order valence-corrected chi connectivity index (χ3v) is 4.07. The lowest BCUT2D eigenvalue weighted by Gasteiger charge is -2.28. The van der Waals surface area contributed by atoms with Gasteiger partial charge >= 0.3 is 0 Å². The number of benzene rings is 1. The van der Waals surface area contributed by atoms with Crippen LogP contribution in [0.4, 0.5) is 5.69 Å². The van der Waals surface area contributed by atoms with Gasteiger partial charge in [0.05, 0.1) is 6.10 Å². The second kappa shape index (κ2) is 5.85. The van der Waals surface area contributed by atoms with Gasteiger partial charge in [-0.15, -0.1) is 0 Å². The molecule has 1 aromatic carbocycles. The van der Waals surface area contributed by atoms with Gasteiger partial charge in [-0.3, -0.25) is 4.79 Å². The SMILES string of the molecule is CN(C(=O)C1CCC(O)CC1)c1cccc(Br)c1. The summed E-state index contributed by atoms with van der Waals surface area (Å²) >= 11 is 3.41. The predicted octanol–water partition coefficient (Wildman–Crippen LogP) is 2.96. The number of anilines is 1. The summed E-state index contributed by atoms with van der Waals surface area (Å²) in [6, 6.07) is 7.74. The zero-order valence-corrected chi connectivity index (χ0v) is 12.1. The maximum Gasteiger partial charge on any atom is 0.229 e. The molecular weight excluding hydrogens is 294 g/mol. The van der Waals surface area contributed by atoms with Gasteiger partial charge in [-0.2, -0.15) is 0 Å². The van der Waals surface area contributed by atoms with Gasteiger partial charge in [0, 0.05) is 23.1 Å².